The third-order valence-corrected chi connectivity index (χ3v) is 6.65. The molecule has 0 N–H and O–H groups in total. The Morgan fingerprint density at radius 3 is 2.19 bits per heavy atom. The maximum Gasteiger partial charge on any atom is 0.177 e. The predicted octanol–water partition coefficient (Wildman–Crippen LogP) is 5.21. The van der Waals surface area contributed by atoms with Gasteiger partial charge in [-0.3, -0.25) is 0 Å². The van der Waals surface area contributed by atoms with Crippen molar-refractivity contribution < 1.29 is 23.7 Å². The molecule has 164 valence electrons. The van der Waals surface area contributed by atoms with Gasteiger partial charge in [0.1, 0.15) is 41.3 Å². The van der Waals surface area contributed by atoms with Gasteiger partial charge in [-0.05, 0) is 17.7 Å². The molecular weight excluding hydrogens is 428 g/mol. The van der Waals surface area contributed by atoms with E-state index in [1.807, 2.05) is 78.9 Å². The molecule has 32 heavy (non-hydrogen) atoms. The van der Waals surface area contributed by atoms with Gasteiger partial charge in [0.15, 0.2) is 6.29 Å². The van der Waals surface area contributed by atoms with Crippen LogP contribution in [0.5, 0.6) is 11.5 Å². The van der Waals surface area contributed by atoms with E-state index in [0.29, 0.717) is 13.2 Å². The van der Waals surface area contributed by atoms with E-state index in [1.54, 1.807) is 0 Å². The molecule has 3 aromatic carbocycles. The van der Waals surface area contributed by atoms with Gasteiger partial charge in [-0.1, -0.05) is 66.7 Å². The van der Waals surface area contributed by atoms with Gasteiger partial charge in [-0.2, -0.15) is 0 Å². The van der Waals surface area contributed by atoms with Crippen LogP contribution in [0.3, 0.4) is 0 Å². The second kappa shape index (κ2) is 8.50. The van der Waals surface area contributed by atoms with E-state index in [0.717, 1.165) is 28.2 Å². The molecule has 5 nitrogen and oxygen atoms in total. The van der Waals surface area contributed by atoms with Crippen LogP contribution >= 0.6 is 11.6 Å². The molecule has 6 heteroatoms. The van der Waals surface area contributed by atoms with Crippen molar-refractivity contribution in [3.05, 3.63) is 95.6 Å². The second-order valence-corrected chi connectivity index (χ2v) is 8.74. The topological polar surface area (TPSA) is 46.2 Å². The Bertz CT molecular complexity index is 1040. The molecule has 3 aliphatic heterocycles. The lowest BCUT2D eigenvalue weighted by atomic mass is 9.95. The highest BCUT2D eigenvalue weighted by Gasteiger charge is 2.52. The van der Waals surface area contributed by atoms with E-state index in [2.05, 4.69) is 0 Å². The number of hydrogen-bond donors (Lipinski definition) is 0. The number of alkyl halides is 1. The number of hydrogen-bond acceptors (Lipinski definition) is 5. The Morgan fingerprint density at radius 1 is 0.812 bits per heavy atom. The zero-order valence-electron chi connectivity index (χ0n) is 17.3. The summed E-state index contributed by atoms with van der Waals surface area (Å²) in [6.07, 6.45) is -1.85. The maximum atomic E-state index is 6.84. The molecule has 0 radical (unpaired) electrons. The van der Waals surface area contributed by atoms with Gasteiger partial charge in [0.2, 0.25) is 0 Å². The number of halogens is 1. The molecule has 0 aliphatic carbocycles. The van der Waals surface area contributed by atoms with Crippen molar-refractivity contribution in [2.24, 2.45) is 0 Å². The van der Waals surface area contributed by atoms with Gasteiger partial charge < -0.3 is 23.7 Å². The number of ether oxygens (including phenoxy) is 5. The quantitative estimate of drug-likeness (QED) is 0.499. The van der Waals surface area contributed by atoms with Crippen LogP contribution in [0.25, 0.3) is 0 Å². The van der Waals surface area contributed by atoms with Crippen LogP contribution < -0.4 is 4.74 Å². The summed E-state index contributed by atoms with van der Waals surface area (Å²) in [5.41, 5.74) is 3.02. The molecule has 2 bridgehead atoms. The zero-order chi connectivity index (χ0) is 21.5. The van der Waals surface area contributed by atoms with Crippen molar-refractivity contribution in [1.82, 2.24) is 0 Å². The fraction of sp³-hybridized carbons (Fsp3) is 0.308. The number of fused-ring (bicyclic) bond motifs is 4. The normalized spacial score (nSPS) is 28.6. The van der Waals surface area contributed by atoms with Crippen LogP contribution in [0, 0.1) is 0 Å². The molecule has 2 saturated heterocycles. The fourth-order valence-corrected chi connectivity index (χ4v) is 4.95. The summed E-state index contributed by atoms with van der Waals surface area (Å²) in [6.45, 7) is 0.884. The first kappa shape index (κ1) is 20.2. The van der Waals surface area contributed by atoms with Gasteiger partial charge in [0, 0.05) is 11.1 Å². The molecule has 0 unspecified atom stereocenters. The Hall–Kier alpha value is -2.41. The average molecular weight is 451 g/mol. The molecule has 5 atom stereocenters. The standard InChI is InChI=1S/C26H23ClO5/c27-22-25(24(21-15-29-26(22)31-21)28-14-16-8-2-1-3-9-16)32-23-17-10-4-6-12-19(17)30-20-13-7-5-11-18(20)23/h1-13,21-26H,14-15H2/t21-,22-,24-,25-,26-/m1/s1. The molecule has 3 aliphatic rings. The monoisotopic (exact) mass is 450 g/mol. The summed E-state index contributed by atoms with van der Waals surface area (Å²) >= 11 is 6.84. The van der Waals surface area contributed by atoms with E-state index in [-0.39, 0.29) is 18.3 Å². The third kappa shape index (κ3) is 3.60. The molecule has 6 rings (SSSR count). The van der Waals surface area contributed by atoms with Gasteiger partial charge >= 0.3 is 0 Å². The van der Waals surface area contributed by atoms with Crippen LogP contribution in [-0.4, -0.2) is 36.6 Å². The Balaban J connectivity index is 1.32. The Kier molecular flexibility index (Phi) is 5.37. The lowest BCUT2D eigenvalue weighted by Gasteiger charge is -2.41. The number of benzene rings is 3. The first-order chi connectivity index (χ1) is 15.8. The molecule has 0 spiro atoms. The minimum absolute atomic E-state index is 0.228. The predicted molar refractivity (Wildman–Crippen MR) is 119 cm³/mol. The minimum atomic E-state index is -0.506. The Morgan fingerprint density at radius 2 is 1.47 bits per heavy atom. The minimum Gasteiger partial charge on any atom is -0.457 e. The van der Waals surface area contributed by atoms with Crippen molar-refractivity contribution in [2.45, 2.75) is 42.7 Å². The lowest BCUT2D eigenvalue weighted by molar-refractivity contribution is -0.204. The van der Waals surface area contributed by atoms with Gasteiger partial charge in [0.05, 0.1) is 13.2 Å². The summed E-state index contributed by atoms with van der Waals surface area (Å²) in [6, 6.07) is 25.9. The average Bonchev–Trinajstić information content (AvgIpc) is 3.29. The summed E-state index contributed by atoms with van der Waals surface area (Å²) < 4.78 is 31.0. The van der Waals surface area contributed by atoms with Crippen molar-refractivity contribution in [3.8, 4) is 11.5 Å². The van der Waals surface area contributed by atoms with E-state index < -0.39 is 17.8 Å². The largest absolute Gasteiger partial charge is 0.457 e. The molecule has 0 amide bonds. The van der Waals surface area contributed by atoms with Gasteiger partial charge in [-0.25, -0.2) is 0 Å². The van der Waals surface area contributed by atoms with E-state index in [9.17, 15) is 0 Å². The third-order valence-electron chi connectivity index (χ3n) is 6.20. The van der Waals surface area contributed by atoms with Crippen molar-refractivity contribution in [2.75, 3.05) is 6.61 Å². The molecule has 2 fully saturated rings. The van der Waals surface area contributed by atoms with Crippen molar-refractivity contribution >= 4 is 11.6 Å². The van der Waals surface area contributed by atoms with Crippen LogP contribution in [0.2, 0.25) is 0 Å². The molecular formula is C26H23ClO5. The SMILES string of the molecule is Cl[C@H]1[C@@H]2OC[C@@H](O2)[C@@H](OCc2ccccc2)[C@@H]1OC1c2ccccc2Oc2ccccc21. The van der Waals surface area contributed by atoms with Crippen LogP contribution in [-0.2, 0) is 25.6 Å². The van der Waals surface area contributed by atoms with E-state index in [1.165, 1.54) is 0 Å². The summed E-state index contributed by atoms with van der Waals surface area (Å²) in [5, 5.41) is -0.503. The van der Waals surface area contributed by atoms with E-state index in [4.69, 9.17) is 35.3 Å². The smallest absolute Gasteiger partial charge is 0.177 e. The second-order valence-electron chi connectivity index (χ2n) is 8.24. The Labute approximate surface area is 191 Å². The first-order valence-electron chi connectivity index (χ1n) is 10.9. The molecule has 0 aromatic heterocycles. The van der Waals surface area contributed by atoms with Crippen LogP contribution in [0.4, 0.5) is 0 Å². The van der Waals surface area contributed by atoms with Crippen LogP contribution in [0.1, 0.15) is 22.8 Å². The maximum absolute atomic E-state index is 6.84. The molecule has 3 aromatic rings. The summed E-state index contributed by atoms with van der Waals surface area (Å²) in [5.74, 6) is 1.57. The van der Waals surface area contributed by atoms with Gasteiger partial charge in [0.25, 0.3) is 0 Å². The first-order valence-corrected chi connectivity index (χ1v) is 11.3. The highest BCUT2D eigenvalue weighted by molar-refractivity contribution is 6.21. The fourth-order valence-electron chi connectivity index (χ4n) is 4.62. The highest BCUT2D eigenvalue weighted by Crippen LogP contribution is 2.47. The summed E-state index contributed by atoms with van der Waals surface area (Å²) in [4.78, 5) is 0. The zero-order valence-corrected chi connectivity index (χ0v) is 18.1. The highest BCUT2D eigenvalue weighted by atomic mass is 35.5. The lowest BCUT2D eigenvalue weighted by Crippen LogP contribution is -2.54. The van der Waals surface area contributed by atoms with Crippen molar-refractivity contribution in [1.29, 1.82) is 0 Å². The molecule has 0 saturated carbocycles. The molecule has 3 heterocycles. The van der Waals surface area contributed by atoms with Gasteiger partial charge in [-0.15, -0.1) is 11.6 Å². The summed E-state index contributed by atoms with van der Waals surface area (Å²) in [7, 11) is 0. The number of para-hydroxylation sites is 2. The van der Waals surface area contributed by atoms with Crippen molar-refractivity contribution in [3.63, 3.8) is 0 Å². The van der Waals surface area contributed by atoms with Crippen LogP contribution in [0.15, 0.2) is 78.9 Å². The number of rotatable bonds is 5. The van der Waals surface area contributed by atoms with E-state index >= 15 is 0 Å².